The zero-order chi connectivity index (χ0) is 37.9. The van der Waals surface area contributed by atoms with Crippen LogP contribution < -0.4 is 16.1 Å². The van der Waals surface area contributed by atoms with Gasteiger partial charge in [-0.25, -0.2) is 15.4 Å². The van der Waals surface area contributed by atoms with Crippen LogP contribution >= 0.6 is 11.6 Å². The molecule has 0 saturated carbocycles. The molecular formula is C35H45ClN10O7. The summed E-state index contributed by atoms with van der Waals surface area (Å²) in [6.07, 6.45) is 3.67. The van der Waals surface area contributed by atoms with Crippen LogP contribution in [0.2, 0.25) is 5.02 Å². The van der Waals surface area contributed by atoms with Crippen molar-refractivity contribution in [3.63, 3.8) is 0 Å². The molecule has 6 heterocycles. The smallest absolute Gasteiger partial charge is 0.268 e. The van der Waals surface area contributed by atoms with Gasteiger partial charge in [0.25, 0.3) is 17.7 Å². The minimum atomic E-state index is -1.73. The molecule has 3 fully saturated rings. The maximum Gasteiger partial charge on any atom is 0.268 e. The molecule has 1 aromatic rings. The standard InChI is InChI=1S/C35H45ClN10O7/c1-18(2)27-33(52)46-25(10-7-15-39-46)32(51)45-23(8-5-14-38-45)30(49)42(4)19(3)29(48)44-24(9-6-13-37-44)31(50)43-26(28(47)41-27)17-35(53)21-12-11-20(36)16-22(21)40-34(35)43/h11-12,14-16,18-19,23-27,34,37,40,53H,5-10,13,17H2,1-4H3,(H,41,47). The van der Waals surface area contributed by atoms with E-state index in [-0.39, 0.29) is 25.7 Å². The Labute approximate surface area is 311 Å². The molecule has 3 saturated heterocycles. The molecule has 6 amide bonds. The van der Waals surface area contributed by atoms with Crippen molar-refractivity contribution in [2.45, 2.75) is 114 Å². The normalized spacial score (nSPS) is 33.8. The molecule has 53 heavy (non-hydrogen) atoms. The first kappa shape index (κ1) is 36.7. The Morgan fingerprint density at radius 3 is 2.19 bits per heavy atom. The second kappa shape index (κ2) is 14.0. The van der Waals surface area contributed by atoms with Gasteiger partial charge in [0.05, 0.1) is 0 Å². The fourth-order valence-electron chi connectivity index (χ4n) is 8.28. The van der Waals surface area contributed by atoms with Crippen molar-refractivity contribution in [2.75, 3.05) is 18.9 Å². The van der Waals surface area contributed by atoms with E-state index in [1.54, 1.807) is 39.0 Å². The lowest BCUT2D eigenvalue weighted by Crippen LogP contribution is -2.66. The molecule has 0 spiro atoms. The SMILES string of the molecule is CC(C)C1NC(=O)C2CC3(O)c4ccc(Cl)cc4NC3N2C(=O)C2CCCNN2C(=O)C(C)N(C)C(=O)C2CCC=NN2C(=O)C2CCC=NN2C1=O. The molecule has 8 unspecified atom stereocenters. The minimum Gasteiger partial charge on any atom is -0.381 e. The number of fused-ring (bicyclic) bond motifs is 8. The Morgan fingerprint density at radius 1 is 0.849 bits per heavy atom. The Morgan fingerprint density at radius 2 is 1.51 bits per heavy atom. The first-order chi connectivity index (χ1) is 25.2. The molecule has 17 nitrogen and oxygen atoms in total. The summed E-state index contributed by atoms with van der Waals surface area (Å²) in [5, 5.41) is 30.7. The largest absolute Gasteiger partial charge is 0.381 e. The van der Waals surface area contributed by atoms with Crippen molar-refractivity contribution in [3.8, 4) is 0 Å². The summed E-state index contributed by atoms with van der Waals surface area (Å²) >= 11 is 6.29. The van der Waals surface area contributed by atoms with E-state index >= 15 is 0 Å². The number of hydrazone groups is 2. The third-order valence-corrected chi connectivity index (χ3v) is 11.6. The number of benzene rings is 1. The van der Waals surface area contributed by atoms with Crippen molar-refractivity contribution >= 4 is 65.2 Å². The number of amides is 6. The molecule has 8 atom stereocenters. The molecule has 284 valence electrons. The highest BCUT2D eigenvalue weighted by Crippen LogP contribution is 2.50. The highest BCUT2D eigenvalue weighted by Gasteiger charge is 2.62. The fourth-order valence-corrected chi connectivity index (χ4v) is 8.46. The lowest BCUT2D eigenvalue weighted by atomic mass is 9.91. The van der Waals surface area contributed by atoms with Crippen LogP contribution in [-0.4, -0.2) is 134 Å². The number of anilines is 1. The fraction of sp³-hybridized carbons (Fsp3) is 0.600. The molecular weight excluding hydrogens is 708 g/mol. The maximum atomic E-state index is 14.9. The van der Waals surface area contributed by atoms with E-state index in [1.807, 2.05) is 0 Å². The number of rotatable bonds is 1. The summed E-state index contributed by atoms with van der Waals surface area (Å²) in [7, 11) is 1.46. The lowest BCUT2D eigenvalue weighted by molar-refractivity contribution is -0.161. The lowest BCUT2D eigenvalue weighted by Gasteiger charge is -2.43. The van der Waals surface area contributed by atoms with Gasteiger partial charge >= 0.3 is 0 Å². The van der Waals surface area contributed by atoms with Crippen molar-refractivity contribution < 1.29 is 33.9 Å². The number of nitrogens with one attached hydrogen (secondary N) is 3. The highest BCUT2D eigenvalue weighted by atomic mass is 35.5. The topological polar surface area (TPSA) is 200 Å². The molecule has 0 bridgehead atoms. The number of hydrazine groups is 1. The molecule has 0 radical (unpaired) electrons. The number of hydrogen-bond acceptors (Lipinski definition) is 11. The minimum absolute atomic E-state index is 0.196. The van der Waals surface area contributed by atoms with E-state index in [9.17, 15) is 33.9 Å². The van der Waals surface area contributed by atoms with Crippen LogP contribution in [0.5, 0.6) is 0 Å². The van der Waals surface area contributed by atoms with Crippen LogP contribution in [0.4, 0.5) is 5.69 Å². The number of carbonyl (C=O) groups excluding carboxylic acids is 6. The van der Waals surface area contributed by atoms with Crippen molar-refractivity contribution in [1.29, 1.82) is 0 Å². The second-order valence-corrected chi connectivity index (χ2v) is 15.3. The number of carbonyl (C=O) groups is 6. The number of aliphatic hydroxyl groups is 1. The summed E-state index contributed by atoms with van der Waals surface area (Å²) in [4.78, 5) is 88.9. The molecule has 0 aliphatic carbocycles. The second-order valence-electron chi connectivity index (χ2n) is 14.9. The molecule has 4 N–H and O–H groups in total. The van der Waals surface area contributed by atoms with Crippen molar-refractivity contribution in [2.24, 2.45) is 16.1 Å². The number of nitrogens with zero attached hydrogens (tertiary/aromatic N) is 7. The predicted octanol–water partition coefficient (Wildman–Crippen LogP) is 0.331. The van der Waals surface area contributed by atoms with E-state index in [4.69, 9.17) is 11.6 Å². The predicted molar refractivity (Wildman–Crippen MR) is 192 cm³/mol. The quantitative estimate of drug-likeness (QED) is 0.312. The van der Waals surface area contributed by atoms with Crippen LogP contribution in [0.15, 0.2) is 28.4 Å². The monoisotopic (exact) mass is 752 g/mol. The van der Waals surface area contributed by atoms with E-state index in [0.717, 1.165) is 10.0 Å². The van der Waals surface area contributed by atoms with Crippen LogP contribution in [-0.2, 0) is 34.4 Å². The van der Waals surface area contributed by atoms with Gasteiger partial charge in [-0.05, 0) is 63.5 Å². The van der Waals surface area contributed by atoms with Gasteiger partial charge in [0.1, 0.15) is 48.0 Å². The Bertz CT molecular complexity index is 1790. The summed E-state index contributed by atoms with van der Waals surface area (Å²) in [5.41, 5.74) is 2.25. The summed E-state index contributed by atoms with van der Waals surface area (Å²) in [5.74, 6) is -4.16. The van der Waals surface area contributed by atoms with Gasteiger partial charge in [0.2, 0.25) is 17.7 Å². The summed E-state index contributed by atoms with van der Waals surface area (Å²) in [6, 6.07) is -1.98. The van der Waals surface area contributed by atoms with E-state index < -0.39 is 89.4 Å². The van der Waals surface area contributed by atoms with Gasteiger partial charge in [-0.1, -0.05) is 31.5 Å². The molecule has 1 aromatic carbocycles. The summed E-state index contributed by atoms with van der Waals surface area (Å²) < 4.78 is 0. The Balaban J connectivity index is 1.33. The van der Waals surface area contributed by atoms with Gasteiger partial charge in [-0.2, -0.15) is 10.2 Å². The van der Waals surface area contributed by atoms with Gasteiger partial charge in [0.15, 0.2) is 0 Å². The Kier molecular flexibility index (Phi) is 9.69. The number of halogens is 1. The third kappa shape index (κ3) is 6.11. The number of hydrogen-bond donors (Lipinski definition) is 4. The van der Waals surface area contributed by atoms with Crippen molar-refractivity contribution in [3.05, 3.63) is 28.8 Å². The summed E-state index contributed by atoms with van der Waals surface area (Å²) in [6.45, 7) is 5.38. The molecule has 7 rings (SSSR count). The van der Waals surface area contributed by atoms with Gasteiger partial charge in [0, 0.05) is 48.7 Å². The first-order valence-corrected chi connectivity index (χ1v) is 18.6. The van der Waals surface area contributed by atoms with Gasteiger partial charge in [-0.15, -0.1) is 0 Å². The van der Waals surface area contributed by atoms with Crippen LogP contribution in [0.3, 0.4) is 0 Å². The molecule has 6 aliphatic rings. The average Bonchev–Trinajstić information content (AvgIpc) is 3.61. The molecule has 18 heteroatoms. The van der Waals surface area contributed by atoms with Crippen LogP contribution in [0, 0.1) is 5.92 Å². The van der Waals surface area contributed by atoms with Crippen LogP contribution in [0.25, 0.3) is 0 Å². The maximum absolute atomic E-state index is 14.9. The first-order valence-electron chi connectivity index (χ1n) is 18.2. The zero-order valence-corrected chi connectivity index (χ0v) is 30.8. The van der Waals surface area contributed by atoms with Gasteiger partial charge in [-0.3, -0.25) is 33.8 Å². The zero-order valence-electron chi connectivity index (χ0n) is 30.1. The van der Waals surface area contributed by atoms with Crippen LogP contribution in [0.1, 0.15) is 71.3 Å². The van der Waals surface area contributed by atoms with Gasteiger partial charge < -0.3 is 25.5 Å². The van der Waals surface area contributed by atoms with Crippen molar-refractivity contribution in [1.82, 2.24) is 35.6 Å². The highest BCUT2D eigenvalue weighted by molar-refractivity contribution is 6.31. The van der Waals surface area contributed by atoms with E-state index in [0.29, 0.717) is 42.1 Å². The Hall–Kier alpha value is -4.61. The molecule has 6 aliphatic heterocycles. The van der Waals surface area contributed by atoms with E-state index in [2.05, 4.69) is 26.3 Å². The molecule has 0 aromatic heterocycles. The third-order valence-electron chi connectivity index (χ3n) is 11.3. The average molecular weight is 753 g/mol. The number of likely N-dealkylation sites (N-methyl/N-ethyl adjacent to an activating group) is 1. The van der Waals surface area contributed by atoms with E-state index in [1.165, 1.54) is 34.3 Å².